The molecule has 0 spiro atoms. The number of hydrogen-bond donors (Lipinski definition) is 2. The van der Waals surface area contributed by atoms with Gasteiger partial charge in [0.25, 0.3) is 0 Å². The molecule has 0 saturated carbocycles. The van der Waals surface area contributed by atoms with Crippen molar-refractivity contribution in [2.45, 2.75) is 12.5 Å². The summed E-state index contributed by atoms with van der Waals surface area (Å²) in [6.07, 6.45) is 0.602. The van der Waals surface area contributed by atoms with Gasteiger partial charge in [0, 0.05) is 19.4 Å². The van der Waals surface area contributed by atoms with Gasteiger partial charge in [0.05, 0.1) is 12.6 Å². The van der Waals surface area contributed by atoms with Crippen molar-refractivity contribution >= 4 is 5.69 Å². The molecule has 1 unspecified atom stereocenters. The van der Waals surface area contributed by atoms with E-state index >= 15 is 0 Å². The number of anilines is 1. The van der Waals surface area contributed by atoms with Crippen LogP contribution in [0.25, 0.3) is 0 Å². The standard InChI is InChI=1S/C17H19F2NO2/c1-22-11-17(13-4-7-15(18)16(19)10-13)20-14-5-2-12(3-6-14)8-9-21/h2-7,10,17,20-21H,8-9,11H2,1H3. The van der Waals surface area contributed by atoms with Crippen molar-refractivity contribution in [1.29, 1.82) is 0 Å². The highest BCUT2D eigenvalue weighted by Gasteiger charge is 2.14. The first-order valence-electron chi connectivity index (χ1n) is 7.04. The zero-order chi connectivity index (χ0) is 15.9. The summed E-state index contributed by atoms with van der Waals surface area (Å²) in [4.78, 5) is 0. The first kappa shape index (κ1) is 16.4. The zero-order valence-corrected chi connectivity index (χ0v) is 12.4. The molecule has 0 amide bonds. The topological polar surface area (TPSA) is 41.5 Å². The second-order valence-electron chi connectivity index (χ2n) is 5.00. The number of nitrogens with one attached hydrogen (secondary N) is 1. The van der Waals surface area contributed by atoms with Gasteiger partial charge in [0.1, 0.15) is 0 Å². The molecular weight excluding hydrogens is 288 g/mol. The summed E-state index contributed by atoms with van der Waals surface area (Å²) in [7, 11) is 1.55. The Bertz CT molecular complexity index is 602. The predicted molar refractivity (Wildman–Crippen MR) is 81.8 cm³/mol. The Morgan fingerprint density at radius 3 is 2.41 bits per heavy atom. The monoisotopic (exact) mass is 307 g/mol. The minimum atomic E-state index is -0.876. The molecule has 2 N–H and O–H groups in total. The first-order valence-corrected chi connectivity index (χ1v) is 7.04. The summed E-state index contributed by atoms with van der Waals surface area (Å²) in [6, 6.07) is 11.1. The van der Waals surface area contributed by atoms with Crippen LogP contribution in [0.5, 0.6) is 0 Å². The summed E-state index contributed by atoms with van der Waals surface area (Å²) < 4.78 is 31.6. The Kier molecular flexibility index (Phi) is 5.86. The molecule has 0 heterocycles. The van der Waals surface area contributed by atoms with Crippen molar-refractivity contribution in [1.82, 2.24) is 0 Å². The number of benzene rings is 2. The molecule has 3 nitrogen and oxygen atoms in total. The van der Waals surface area contributed by atoms with Crippen LogP contribution in [0.2, 0.25) is 0 Å². The Morgan fingerprint density at radius 2 is 1.82 bits per heavy atom. The minimum absolute atomic E-state index is 0.105. The van der Waals surface area contributed by atoms with Gasteiger partial charge in [-0.2, -0.15) is 0 Å². The van der Waals surface area contributed by atoms with Crippen LogP contribution in [0.4, 0.5) is 14.5 Å². The summed E-state index contributed by atoms with van der Waals surface area (Å²) in [5.74, 6) is -1.74. The van der Waals surface area contributed by atoms with Gasteiger partial charge in [-0.3, -0.25) is 0 Å². The number of halogens is 2. The average Bonchev–Trinajstić information content (AvgIpc) is 2.52. The molecule has 0 bridgehead atoms. The number of ether oxygens (including phenoxy) is 1. The highest BCUT2D eigenvalue weighted by atomic mass is 19.2. The molecule has 2 aromatic rings. The van der Waals surface area contributed by atoms with Gasteiger partial charge in [-0.25, -0.2) is 8.78 Å². The summed E-state index contributed by atoms with van der Waals surface area (Å²) in [5.41, 5.74) is 2.48. The molecule has 0 aromatic heterocycles. The highest BCUT2D eigenvalue weighted by Crippen LogP contribution is 2.22. The zero-order valence-electron chi connectivity index (χ0n) is 12.4. The summed E-state index contributed by atoms with van der Waals surface area (Å²) in [6.45, 7) is 0.428. The second-order valence-corrected chi connectivity index (χ2v) is 5.00. The largest absolute Gasteiger partial charge is 0.396 e. The van der Waals surface area contributed by atoms with E-state index in [-0.39, 0.29) is 12.6 Å². The number of aliphatic hydroxyl groups is 1. The van der Waals surface area contributed by atoms with E-state index in [4.69, 9.17) is 9.84 Å². The van der Waals surface area contributed by atoms with Crippen molar-refractivity contribution < 1.29 is 18.6 Å². The molecule has 0 aliphatic heterocycles. The summed E-state index contributed by atoms with van der Waals surface area (Å²) in [5, 5.41) is 12.1. The quantitative estimate of drug-likeness (QED) is 0.824. The third-order valence-corrected chi connectivity index (χ3v) is 3.37. The number of aliphatic hydroxyl groups excluding tert-OH is 1. The smallest absolute Gasteiger partial charge is 0.159 e. The Labute approximate surface area is 128 Å². The Morgan fingerprint density at radius 1 is 1.09 bits per heavy atom. The predicted octanol–water partition coefficient (Wildman–Crippen LogP) is 3.30. The highest BCUT2D eigenvalue weighted by molar-refractivity contribution is 5.47. The fourth-order valence-electron chi connectivity index (χ4n) is 2.21. The van der Waals surface area contributed by atoms with Crippen molar-refractivity contribution in [2.24, 2.45) is 0 Å². The minimum Gasteiger partial charge on any atom is -0.396 e. The van der Waals surface area contributed by atoms with Crippen molar-refractivity contribution in [3.63, 3.8) is 0 Å². The molecule has 22 heavy (non-hydrogen) atoms. The van der Waals surface area contributed by atoms with E-state index in [0.29, 0.717) is 18.6 Å². The first-order chi connectivity index (χ1) is 10.6. The maximum Gasteiger partial charge on any atom is 0.159 e. The number of rotatable bonds is 7. The van der Waals surface area contributed by atoms with Gasteiger partial charge in [-0.05, 0) is 41.8 Å². The molecule has 118 valence electrons. The van der Waals surface area contributed by atoms with Gasteiger partial charge in [-0.1, -0.05) is 18.2 Å². The van der Waals surface area contributed by atoms with Gasteiger partial charge >= 0.3 is 0 Å². The van der Waals surface area contributed by atoms with E-state index in [0.717, 1.165) is 17.3 Å². The van der Waals surface area contributed by atoms with Crippen LogP contribution in [0, 0.1) is 11.6 Å². The molecule has 2 aromatic carbocycles. The lowest BCUT2D eigenvalue weighted by atomic mass is 10.1. The summed E-state index contributed by atoms with van der Waals surface area (Å²) >= 11 is 0. The SMILES string of the molecule is COCC(Nc1ccc(CCO)cc1)c1ccc(F)c(F)c1. The lowest BCUT2D eigenvalue weighted by Crippen LogP contribution is -2.16. The molecule has 0 saturated heterocycles. The maximum absolute atomic E-state index is 13.4. The van der Waals surface area contributed by atoms with Crippen LogP contribution < -0.4 is 5.32 Å². The van der Waals surface area contributed by atoms with Crippen LogP contribution in [0.1, 0.15) is 17.2 Å². The number of methoxy groups -OCH3 is 1. The van der Waals surface area contributed by atoms with Crippen molar-refractivity contribution in [3.05, 3.63) is 65.2 Å². The van der Waals surface area contributed by atoms with Crippen LogP contribution >= 0.6 is 0 Å². The van der Waals surface area contributed by atoms with Crippen LogP contribution in [0.3, 0.4) is 0 Å². The average molecular weight is 307 g/mol. The van der Waals surface area contributed by atoms with E-state index in [9.17, 15) is 8.78 Å². The maximum atomic E-state index is 13.4. The third kappa shape index (κ3) is 4.26. The van der Waals surface area contributed by atoms with Crippen molar-refractivity contribution in [2.75, 3.05) is 25.6 Å². The van der Waals surface area contributed by atoms with E-state index in [1.807, 2.05) is 24.3 Å². The third-order valence-electron chi connectivity index (χ3n) is 3.37. The molecule has 2 rings (SSSR count). The molecule has 0 fully saturated rings. The van der Waals surface area contributed by atoms with Crippen LogP contribution in [-0.2, 0) is 11.2 Å². The molecule has 0 aliphatic carbocycles. The molecule has 0 radical (unpaired) electrons. The molecule has 5 heteroatoms. The van der Waals surface area contributed by atoms with E-state index in [1.165, 1.54) is 12.1 Å². The normalized spacial score (nSPS) is 12.2. The van der Waals surface area contributed by atoms with Gasteiger partial charge in [0.2, 0.25) is 0 Å². The lowest BCUT2D eigenvalue weighted by Gasteiger charge is -2.20. The van der Waals surface area contributed by atoms with E-state index in [1.54, 1.807) is 7.11 Å². The Balaban J connectivity index is 2.15. The second kappa shape index (κ2) is 7.87. The fourth-order valence-corrected chi connectivity index (χ4v) is 2.21. The van der Waals surface area contributed by atoms with Crippen LogP contribution in [0.15, 0.2) is 42.5 Å². The van der Waals surface area contributed by atoms with Gasteiger partial charge in [0.15, 0.2) is 11.6 Å². The van der Waals surface area contributed by atoms with E-state index in [2.05, 4.69) is 5.32 Å². The van der Waals surface area contributed by atoms with Crippen molar-refractivity contribution in [3.8, 4) is 0 Å². The van der Waals surface area contributed by atoms with Crippen LogP contribution in [-0.4, -0.2) is 25.4 Å². The van der Waals surface area contributed by atoms with Gasteiger partial charge in [-0.15, -0.1) is 0 Å². The van der Waals surface area contributed by atoms with E-state index < -0.39 is 11.6 Å². The molecule has 1 atom stereocenters. The Hall–Kier alpha value is -1.98. The molecular formula is C17H19F2NO2. The van der Waals surface area contributed by atoms with Gasteiger partial charge < -0.3 is 15.2 Å². The number of hydrogen-bond acceptors (Lipinski definition) is 3. The lowest BCUT2D eigenvalue weighted by molar-refractivity contribution is 0.186. The molecule has 0 aliphatic rings. The fraction of sp³-hybridized carbons (Fsp3) is 0.294.